The molecule has 0 unspecified atom stereocenters. The van der Waals surface area contributed by atoms with Crippen LogP contribution in [0.3, 0.4) is 0 Å². The van der Waals surface area contributed by atoms with Crippen LogP contribution in [-0.4, -0.2) is 11.7 Å². The molecule has 1 rings (SSSR count). The fraction of sp³-hybridized carbons (Fsp3) is 0.222. The Bertz CT molecular complexity index is 299. The molecule has 4 heteroatoms. The van der Waals surface area contributed by atoms with Gasteiger partial charge in [0, 0.05) is 0 Å². The van der Waals surface area contributed by atoms with E-state index in [-0.39, 0.29) is 5.12 Å². The Labute approximate surface area is 86.5 Å². The molecule has 0 bridgehead atoms. The van der Waals surface area contributed by atoms with Crippen molar-refractivity contribution in [3.05, 3.63) is 29.8 Å². The SMILES string of the molecule is CCOc1ccccc1C(=O)SS. The molecule has 1 aromatic carbocycles. The van der Waals surface area contributed by atoms with E-state index >= 15 is 0 Å². The zero-order valence-electron chi connectivity index (χ0n) is 7.19. The molecule has 0 saturated heterocycles. The second-order valence-corrected chi connectivity index (χ2v) is 3.41. The first-order valence-electron chi connectivity index (χ1n) is 3.87. The lowest BCUT2D eigenvalue weighted by Gasteiger charge is -2.06. The second-order valence-electron chi connectivity index (χ2n) is 2.31. The normalized spacial score (nSPS) is 9.69. The number of thiol groups is 1. The zero-order valence-corrected chi connectivity index (χ0v) is 8.90. The summed E-state index contributed by atoms with van der Waals surface area (Å²) in [5.41, 5.74) is 0.573. The lowest BCUT2D eigenvalue weighted by molar-refractivity contribution is 0.108. The molecule has 0 aromatic heterocycles. The monoisotopic (exact) mass is 214 g/mol. The van der Waals surface area contributed by atoms with Gasteiger partial charge in [0.15, 0.2) is 0 Å². The molecule has 0 saturated carbocycles. The van der Waals surface area contributed by atoms with Crippen LogP contribution in [0.5, 0.6) is 5.75 Å². The number of carbonyl (C=O) groups is 1. The fourth-order valence-electron chi connectivity index (χ4n) is 0.966. The first kappa shape index (κ1) is 10.5. The first-order valence-corrected chi connectivity index (χ1v) is 5.74. The van der Waals surface area contributed by atoms with Gasteiger partial charge in [-0.25, -0.2) is 0 Å². The van der Waals surface area contributed by atoms with E-state index in [0.29, 0.717) is 17.9 Å². The molecule has 0 fully saturated rings. The predicted octanol–water partition coefficient (Wildman–Crippen LogP) is 2.80. The lowest BCUT2D eigenvalue weighted by Crippen LogP contribution is -1.99. The molecule has 0 aliphatic carbocycles. The summed E-state index contributed by atoms with van der Waals surface area (Å²) < 4.78 is 5.29. The summed E-state index contributed by atoms with van der Waals surface area (Å²) in [6.07, 6.45) is 0. The van der Waals surface area contributed by atoms with Crippen molar-refractivity contribution in [3.63, 3.8) is 0 Å². The van der Waals surface area contributed by atoms with Crippen LogP contribution in [0.15, 0.2) is 24.3 Å². The van der Waals surface area contributed by atoms with Gasteiger partial charge in [-0.05, 0) is 29.9 Å². The topological polar surface area (TPSA) is 26.3 Å². The number of hydrogen-bond acceptors (Lipinski definition) is 4. The van der Waals surface area contributed by atoms with E-state index in [1.54, 1.807) is 18.2 Å². The van der Waals surface area contributed by atoms with Crippen LogP contribution in [0.25, 0.3) is 0 Å². The van der Waals surface area contributed by atoms with Crippen LogP contribution >= 0.6 is 22.5 Å². The molecule has 0 spiro atoms. The minimum Gasteiger partial charge on any atom is -0.493 e. The molecule has 2 nitrogen and oxygen atoms in total. The standard InChI is InChI=1S/C9H10O2S2/c1-2-11-8-6-4-3-5-7(8)9(10)13-12/h3-6,12H,2H2,1H3. The lowest BCUT2D eigenvalue weighted by atomic mass is 10.2. The van der Waals surface area contributed by atoms with Gasteiger partial charge in [-0.2, -0.15) is 0 Å². The van der Waals surface area contributed by atoms with Crippen LogP contribution in [0, 0.1) is 0 Å². The molecular formula is C9H10O2S2. The molecule has 0 amide bonds. The van der Waals surface area contributed by atoms with Crippen LogP contribution < -0.4 is 4.74 Å². The molecular weight excluding hydrogens is 204 g/mol. The van der Waals surface area contributed by atoms with Crippen molar-refractivity contribution in [2.45, 2.75) is 6.92 Å². The number of benzene rings is 1. The van der Waals surface area contributed by atoms with Crippen molar-refractivity contribution in [2.24, 2.45) is 0 Å². The molecule has 0 N–H and O–H groups in total. The molecule has 0 aliphatic rings. The Hall–Kier alpha value is -0.610. The van der Waals surface area contributed by atoms with Gasteiger partial charge in [-0.15, -0.1) is 11.7 Å². The molecule has 0 radical (unpaired) electrons. The Morgan fingerprint density at radius 3 is 2.85 bits per heavy atom. The summed E-state index contributed by atoms with van der Waals surface area (Å²) in [6, 6.07) is 7.15. The van der Waals surface area contributed by atoms with Crippen molar-refractivity contribution in [1.29, 1.82) is 0 Å². The molecule has 1 aromatic rings. The van der Waals surface area contributed by atoms with Gasteiger partial charge in [-0.3, -0.25) is 4.79 Å². The number of carbonyl (C=O) groups excluding carboxylic acids is 1. The summed E-state index contributed by atoms with van der Waals surface area (Å²) in [5.74, 6) is 0.622. The quantitative estimate of drug-likeness (QED) is 0.619. The third-order valence-corrected chi connectivity index (χ3v) is 2.37. The average Bonchev–Trinajstić information content (AvgIpc) is 2.18. The van der Waals surface area contributed by atoms with Gasteiger partial charge in [0.2, 0.25) is 5.12 Å². The maximum atomic E-state index is 11.3. The summed E-state index contributed by atoms with van der Waals surface area (Å²) in [5, 5.41) is -0.0904. The smallest absolute Gasteiger partial charge is 0.233 e. The van der Waals surface area contributed by atoms with Gasteiger partial charge < -0.3 is 4.74 Å². The van der Waals surface area contributed by atoms with E-state index in [0.717, 1.165) is 10.8 Å². The van der Waals surface area contributed by atoms with Crippen LogP contribution in [0.2, 0.25) is 0 Å². The van der Waals surface area contributed by atoms with E-state index in [4.69, 9.17) is 4.74 Å². The highest BCUT2D eigenvalue weighted by molar-refractivity contribution is 8.75. The van der Waals surface area contributed by atoms with Gasteiger partial charge in [0.25, 0.3) is 0 Å². The number of ether oxygens (including phenoxy) is 1. The summed E-state index contributed by atoms with van der Waals surface area (Å²) in [7, 11) is 0.893. The summed E-state index contributed by atoms with van der Waals surface area (Å²) in [4.78, 5) is 11.3. The Morgan fingerprint density at radius 1 is 1.54 bits per heavy atom. The average molecular weight is 214 g/mol. The minimum absolute atomic E-state index is 0.0904. The second kappa shape index (κ2) is 5.19. The van der Waals surface area contributed by atoms with Crippen molar-refractivity contribution in [1.82, 2.24) is 0 Å². The van der Waals surface area contributed by atoms with Crippen LogP contribution in [-0.2, 0) is 0 Å². The summed E-state index contributed by atoms with van der Waals surface area (Å²) in [6.45, 7) is 2.44. The number of hydrogen-bond donors (Lipinski definition) is 1. The van der Waals surface area contributed by atoms with Gasteiger partial charge in [0.1, 0.15) is 5.75 Å². The maximum absolute atomic E-state index is 11.3. The van der Waals surface area contributed by atoms with Gasteiger partial charge in [-0.1, -0.05) is 12.1 Å². The van der Waals surface area contributed by atoms with Crippen molar-refractivity contribution in [3.8, 4) is 5.75 Å². The zero-order chi connectivity index (χ0) is 9.68. The van der Waals surface area contributed by atoms with Crippen molar-refractivity contribution < 1.29 is 9.53 Å². The van der Waals surface area contributed by atoms with E-state index in [2.05, 4.69) is 11.7 Å². The maximum Gasteiger partial charge on any atom is 0.233 e. The fourth-order valence-corrected chi connectivity index (χ4v) is 1.53. The molecule has 0 atom stereocenters. The minimum atomic E-state index is -0.0904. The largest absolute Gasteiger partial charge is 0.493 e. The Kier molecular flexibility index (Phi) is 4.18. The van der Waals surface area contributed by atoms with Crippen LogP contribution in [0.4, 0.5) is 0 Å². The van der Waals surface area contributed by atoms with Crippen molar-refractivity contribution >= 4 is 27.6 Å². The highest BCUT2D eigenvalue weighted by Crippen LogP contribution is 2.24. The predicted molar refractivity (Wildman–Crippen MR) is 58.5 cm³/mol. The van der Waals surface area contributed by atoms with E-state index in [1.165, 1.54) is 0 Å². The number of para-hydroxylation sites is 1. The first-order chi connectivity index (χ1) is 6.29. The van der Waals surface area contributed by atoms with Gasteiger partial charge in [0.05, 0.1) is 12.2 Å². The highest BCUT2D eigenvalue weighted by Gasteiger charge is 2.10. The Balaban J connectivity index is 2.97. The third-order valence-electron chi connectivity index (χ3n) is 1.49. The third kappa shape index (κ3) is 2.67. The number of rotatable bonds is 3. The molecule has 0 aliphatic heterocycles. The van der Waals surface area contributed by atoms with Gasteiger partial charge >= 0.3 is 0 Å². The Morgan fingerprint density at radius 2 is 2.23 bits per heavy atom. The molecule has 13 heavy (non-hydrogen) atoms. The van der Waals surface area contributed by atoms with E-state index in [1.807, 2.05) is 13.0 Å². The van der Waals surface area contributed by atoms with E-state index < -0.39 is 0 Å². The summed E-state index contributed by atoms with van der Waals surface area (Å²) >= 11 is 3.85. The van der Waals surface area contributed by atoms with Crippen LogP contribution in [0.1, 0.15) is 17.3 Å². The van der Waals surface area contributed by atoms with Crippen molar-refractivity contribution in [2.75, 3.05) is 6.61 Å². The highest BCUT2D eigenvalue weighted by atomic mass is 33.1. The van der Waals surface area contributed by atoms with E-state index in [9.17, 15) is 4.79 Å². The molecule has 0 heterocycles. The molecule has 70 valence electrons.